The molecule has 6 heteroatoms. The molecule has 0 atom stereocenters. The first-order valence-corrected chi connectivity index (χ1v) is 9.49. The summed E-state index contributed by atoms with van der Waals surface area (Å²) in [4.78, 5) is 15.2. The van der Waals surface area contributed by atoms with E-state index in [-0.39, 0.29) is 5.56 Å². The zero-order valence-corrected chi connectivity index (χ0v) is 16.3. The standard InChI is InChI=1S/C21H22N4OS/c1-15-19(20(26)25(23(15)2)17-11-4-3-5-12-17)22-21(27)24-14-8-10-16-9-6-7-13-18(16)24/h3-7,9,11-13H,8,10,14H2,1-2H3,(H,22,27). The zero-order valence-electron chi connectivity index (χ0n) is 15.5. The van der Waals surface area contributed by atoms with Crippen LogP contribution in [0.3, 0.4) is 0 Å². The molecule has 0 radical (unpaired) electrons. The Morgan fingerprint density at radius 1 is 1.07 bits per heavy atom. The van der Waals surface area contributed by atoms with Crippen LogP contribution < -0.4 is 15.8 Å². The lowest BCUT2D eigenvalue weighted by Crippen LogP contribution is -2.39. The van der Waals surface area contributed by atoms with Crippen molar-refractivity contribution in [3.05, 3.63) is 76.2 Å². The predicted octanol–water partition coefficient (Wildman–Crippen LogP) is 3.63. The molecule has 1 aromatic heterocycles. The van der Waals surface area contributed by atoms with E-state index in [0.29, 0.717) is 10.8 Å². The highest BCUT2D eigenvalue weighted by molar-refractivity contribution is 7.80. The molecular formula is C21H22N4OS. The molecule has 1 aliphatic rings. The van der Waals surface area contributed by atoms with Gasteiger partial charge < -0.3 is 10.2 Å². The first kappa shape index (κ1) is 17.5. The second-order valence-electron chi connectivity index (χ2n) is 6.75. The molecule has 0 bridgehead atoms. The van der Waals surface area contributed by atoms with Crippen molar-refractivity contribution in [2.24, 2.45) is 7.05 Å². The second-order valence-corrected chi connectivity index (χ2v) is 7.14. The molecule has 27 heavy (non-hydrogen) atoms. The van der Waals surface area contributed by atoms with Crippen molar-refractivity contribution >= 4 is 28.7 Å². The fraction of sp³-hybridized carbons (Fsp3) is 0.238. The highest BCUT2D eigenvalue weighted by Crippen LogP contribution is 2.27. The lowest BCUT2D eigenvalue weighted by Gasteiger charge is -2.31. The lowest BCUT2D eigenvalue weighted by atomic mass is 10.0. The van der Waals surface area contributed by atoms with Gasteiger partial charge in [0.2, 0.25) is 0 Å². The summed E-state index contributed by atoms with van der Waals surface area (Å²) in [6.45, 7) is 2.78. The average Bonchev–Trinajstić information content (AvgIpc) is 2.91. The number of para-hydroxylation sites is 2. The van der Waals surface area contributed by atoms with Crippen LogP contribution in [-0.4, -0.2) is 21.0 Å². The number of anilines is 2. The molecule has 1 N–H and O–H groups in total. The molecule has 0 spiro atoms. The van der Waals surface area contributed by atoms with Crippen LogP contribution in [0.4, 0.5) is 11.4 Å². The second kappa shape index (κ2) is 7.04. The molecule has 0 fully saturated rings. The molecule has 2 aromatic carbocycles. The number of rotatable bonds is 2. The van der Waals surface area contributed by atoms with Gasteiger partial charge in [0.25, 0.3) is 5.56 Å². The van der Waals surface area contributed by atoms with E-state index < -0.39 is 0 Å². The summed E-state index contributed by atoms with van der Waals surface area (Å²) in [6, 6.07) is 17.9. The third kappa shape index (κ3) is 3.06. The average molecular weight is 379 g/mol. The van der Waals surface area contributed by atoms with Gasteiger partial charge in [-0.05, 0) is 55.7 Å². The van der Waals surface area contributed by atoms with Gasteiger partial charge in [-0.15, -0.1) is 0 Å². The zero-order chi connectivity index (χ0) is 19.0. The molecule has 138 valence electrons. The van der Waals surface area contributed by atoms with Gasteiger partial charge in [-0.25, -0.2) is 4.68 Å². The van der Waals surface area contributed by atoms with Gasteiger partial charge in [-0.2, -0.15) is 0 Å². The Morgan fingerprint density at radius 3 is 2.56 bits per heavy atom. The van der Waals surface area contributed by atoms with Crippen LogP contribution in [0.1, 0.15) is 17.7 Å². The van der Waals surface area contributed by atoms with E-state index in [0.717, 1.165) is 36.5 Å². The molecule has 0 amide bonds. The fourth-order valence-electron chi connectivity index (χ4n) is 3.63. The Kier molecular flexibility index (Phi) is 4.58. The molecule has 1 aliphatic heterocycles. The van der Waals surface area contributed by atoms with Crippen LogP contribution in [0, 0.1) is 6.92 Å². The van der Waals surface area contributed by atoms with E-state index in [1.165, 1.54) is 5.56 Å². The molecule has 0 aliphatic carbocycles. The van der Waals surface area contributed by atoms with Crippen LogP contribution in [0.15, 0.2) is 59.4 Å². The van der Waals surface area contributed by atoms with E-state index in [1.807, 2.05) is 55.1 Å². The summed E-state index contributed by atoms with van der Waals surface area (Å²) in [5, 5.41) is 3.79. The Bertz CT molecular complexity index is 1050. The monoisotopic (exact) mass is 378 g/mol. The van der Waals surface area contributed by atoms with E-state index >= 15 is 0 Å². The third-order valence-electron chi connectivity index (χ3n) is 5.14. The SMILES string of the molecule is Cc1c(NC(=S)N2CCCc3ccccc32)c(=O)n(-c2ccccc2)n1C. The predicted molar refractivity (Wildman–Crippen MR) is 114 cm³/mol. The van der Waals surface area contributed by atoms with E-state index in [4.69, 9.17) is 12.2 Å². The number of benzene rings is 2. The quantitative estimate of drug-likeness (QED) is 0.692. The summed E-state index contributed by atoms with van der Waals surface area (Å²) < 4.78 is 3.51. The van der Waals surface area contributed by atoms with Crippen molar-refractivity contribution in [1.82, 2.24) is 9.36 Å². The van der Waals surface area contributed by atoms with Crippen LogP contribution in [0.2, 0.25) is 0 Å². The minimum atomic E-state index is -0.103. The maximum Gasteiger partial charge on any atom is 0.295 e. The minimum absolute atomic E-state index is 0.103. The maximum atomic E-state index is 13.1. The molecule has 2 heterocycles. The van der Waals surface area contributed by atoms with Crippen LogP contribution in [0.5, 0.6) is 0 Å². The van der Waals surface area contributed by atoms with Crippen molar-refractivity contribution < 1.29 is 0 Å². The van der Waals surface area contributed by atoms with Gasteiger partial charge in [0.15, 0.2) is 5.11 Å². The molecule has 4 rings (SSSR count). The molecule has 3 aromatic rings. The Hall–Kier alpha value is -2.86. The van der Waals surface area contributed by atoms with E-state index in [2.05, 4.69) is 28.4 Å². The molecular weight excluding hydrogens is 356 g/mol. The summed E-state index contributed by atoms with van der Waals surface area (Å²) in [7, 11) is 1.88. The molecule has 0 saturated carbocycles. The smallest absolute Gasteiger partial charge is 0.295 e. The van der Waals surface area contributed by atoms with Crippen molar-refractivity contribution in [2.75, 3.05) is 16.8 Å². The van der Waals surface area contributed by atoms with Gasteiger partial charge in [-0.1, -0.05) is 36.4 Å². The number of hydrogen-bond donors (Lipinski definition) is 1. The van der Waals surface area contributed by atoms with E-state index in [1.54, 1.807) is 4.68 Å². The summed E-state index contributed by atoms with van der Waals surface area (Å²) in [6.07, 6.45) is 2.10. The number of nitrogens with one attached hydrogen (secondary N) is 1. The Morgan fingerprint density at radius 2 is 1.78 bits per heavy atom. The first-order valence-electron chi connectivity index (χ1n) is 9.08. The number of fused-ring (bicyclic) bond motifs is 1. The number of aryl methyl sites for hydroxylation is 1. The van der Waals surface area contributed by atoms with Gasteiger partial charge in [-0.3, -0.25) is 9.48 Å². The number of aromatic nitrogens is 2. The fourth-order valence-corrected chi connectivity index (χ4v) is 3.92. The summed E-state index contributed by atoms with van der Waals surface area (Å²) >= 11 is 5.68. The van der Waals surface area contributed by atoms with Crippen molar-refractivity contribution in [2.45, 2.75) is 19.8 Å². The van der Waals surface area contributed by atoms with Crippen LogP contribution >= 0.6 is 12.2 Å². The first-order chi connectivity index (χ1) is 13.1. The largest absolute Gasteiger partial charge is 0.326 e. The van der Waals surface area contributed by atoms with Crippen molar-refractivity contribution in [3.63, 3.8) is 0 Å². The van der Waals surface area contributed by atoms with Crippen LogP contribution in [-0.2, 0) is 13.5 Å². The minimum Gasteiger partial charge on any atom is -0.326 e. The number of nitrogens with zero attached hydrogens (tertiary/aromatic N) is 3. The van der Waals surface area contributed by atoms with E-state index in [9.17, 15) is 4.79 Å². The van der Waals surface area contributed by atoms with Crippen molar-refractivity contribution in [3.8, 4) is 5.69 Å². The van der Waals surface area contributed by atoms with Crippen LogP contribution in [0.25, 0.3) is 5.69 Å². The van der Waals surface area contributed by atoms with Crippen molar-refractivity contribution in [1.29, 1.82) is 0 Å². The molecule has 5 nitrogen and oxygen atoms in total. The lowest BCUT2D eigenvalue weighted by molar-refractivity contribution is 0.630. The molecule has 0 unspecified atom stereocenters. The number of thiocarbonyl (C=S) groups is 1. The highest BCUT2D eigenvalue weighted by Gasteiger charge is 2.23. The number of hydrogen-bond acceptors (Lipinski definition) is 2. The Labute approximate surface area is 163 Å². The van der Waals surface area contributed by atoms with Gasteiger partial charge >= 0.3 is 0 Å². The van der Waals surface area contributed by atoms with Gasteiger partial charge in [0, 0.05) is 19.3 Å². The maximum absolute atomic E-state index is 13.1. The molecule has 0 saturated heterocycles. The highest BCUT2D eigenvalue weighted by atomic mass is 32.1. The summed E-state index contributed by atoms with van der Waals surface area (Å²) in [5.74, 6) is 0. The van der Waals surface area contributed by atoms with Gasteiger partial charge in [0.05, 0.1) is 11.4 Å². The Balaban J connectivity index is 1.68. The topological polar surface area (TPSA) is 42.2 Å². The normalized spacial score (nSPS) is 13.3. The third-order valence-corrected chi connectivity index (χ3v) is 5.46. The van der Waals surface area contributed by atoms with Gasteiger partial charge in [0.1, 0.15) is 5.69 Å². The summed E-state index contributed by atoms with van der Waals surface area (Å²) in [5.41, 5.74) is 4.51.